The van der Waals surface area contributed by atoms with Crippen LogP contribution in [0, 0.1) is 13.8 Å². The molecule has 0 atom stereocenters. The molecule has 5 nitrogen and oxygen atoms in total. The Morgan fingerprint density at radius 1 is 1.29 bits per heavy atom. The maximum atomic E-state index is 4.48. The minimum absolute atomic E-state index is 0.612. The zero-order valence-electron chi connectivity index (χ0n) is 12.2. The molecule has 6 heteroatoms. The van der Waals surface area contributed by atoms with Crippen molar-refractivity contribution in [2.75, 3.05) is 5.32 Å². The Kier molecular flexibility index (Phi) is 3.63. The van der Waals surface area contributed by atoms with Gasteiger partial charge in [-0.3, -0.25) is 0 Å². The van der Waals surface area contributed by atoms with Gasteiger partial charge in [-0.15, -0.1) is 0 Å². The van der Waals surface area contributed by atoms with E-state index >= 15 is 0 Å². The van der Waals surface area contributed by atoms with E-state index in [-0.39, 0.29) is 0 Å². The Labute approximate surface area is 131 Å². The second kappa shape index (κ2) is 5.44. The topological polar surface area (TPSA) is 55.1 Å². The lowest BCUT2D eigenvalue weighted by atomic mass is 10.1. The first-order valence-corrected chi connectivity index (χ1v) is 7.62. The minimum Gasteiger partial charge on any atom is -0.340 e. The third-order valence-electron chi connectivity index (χ3n) is 3.51. The number of hydrogen-bond acceptors (Lipinski definition) is 4. The SMILES string of the molecule is CCc1c(C)nc2ncnn2c1Nc1ccc(Br)c(C)c1. The lowest BCUT2D eigenvalue weighted by Crippen LogP contribution is -2.08. The molecule has 0 spiro atoms. The van der Waals surface area contributed by atoms with E-state index < -0.39 is 0 Å². The van der Waals surface area contributed by atoms with E-state index in [1.807, 2.05) is 19.1 Å². The Bertz CT molecular complexity index is 809. The molecule has 108 valence electrons. The maximum Gasteiger partial charge on any atom is 0.254 e. The highest BCUT2D eigenvalue weighted by Gasteiger charge is 2.13. The van der Waals surface area contributed by atoms with Crippen LogP contribution in [0.3, 0.4) is 0 Å². The van der Waals surface area contributed by atoms with Gasteiger partial charge in [0.15, 0.2) is 0 Å². The Balaban J connectivity index is 2.14. The van der Waals surface area contributed by atoms with Crippen molar-refractivity contribution in [1.29, 1.82) is 0 Å². The zero-order chi connectivity index (χ0) is 15.0. The van der Waals surface area contributed by atoms with Gasteiger partial charge in [-0.05, 0) is 44.0 Å². The molecule has 0 aliphatic carbocycles. The van der Waals surface area contributed by atoms with Crippen LogP contribution in [0.1, 0.15) is 23.7 Å². The molecule has 0 saturated heterocycles. The highest BCUT2D eigenvalue weighted by atomic mass is 79.9. The molecule has 1 aromatic carbocycles. The molecular weight excluding hydrogens is 330 g/mol. The van der Waals surface area contributed by atoms with Crippen LogP contribution < -0.4 is 5.32 Å². The van der Waals surface area contributed by atoms with Gasteiger partial charge in [-0.2, -0.15) is 14.6 Å². The number of rotatable bonds is 3. The fourth-order valence-corrected chi connectivity index (χ4v) is 2.64. The largest absolute Gasteiger partial charge is 0.340 e. The highest BCUT2D eigenvalue weighted by molar-refractivity contribution is 9.10. The number of aryl methyl sites for hydroxylation is 2. The van der Waals surface area contributed by atoms with Gasteiger partial charge in [-0.1, -0.05) is 22.9 Å². The van der Waals surface area contributed by atoms with Crippen molar-refractivity contribution in [3.05, 3.63) is 45.8 Å². The minimum atomic E-state index is 0.612. The molecule has 1 N–H and O–H groups in total. The van der Waals surface area contributed by atoms with Crippen molar-refractivity contribution in [3.63, 3.8) is 0 Å². The molecule has 0 fully saturated rings. The molecule has 21 heavy (non-hydrogen) atoms. The van der Waals surface area contributed by atoms with Gasteiger partial charge in [0.2, 0.25) is 0 Å². The lowest BCUT2D eigenvalue weighted by molar-refractivity contribution is 0.903. The third-order valence-corrected chi connectivity index (χ3v) is 4.40. The predicted octanol–water partition coefficient (Wildman–Crippen LogP) is 3.81. The van der Waals surface area contributed by atoms with Gasteiger partial charge in [-0.25, -0.2) is 4.98 Å². The van der Waals surface area contributed by atoms with Crippen molar-refractivity contribution in [2.24, 2.45) is 0 Å². The summed E-state index contributed by atoms with van der Waals surface area (Å²) < 4.78 is 2.85. The smallest absolute Gasteiger partial charge is 0.254 e. The molecule has 0 aliphatic heterocycles. The number of halogens is 1. The van der Waals surface area contributed by atoms with Gasteiger partial charge in [0.05, 0.1) is 0 Å². The van der Waals surface area contributed by atoms with Gasteiger partial charge in [0.1, 0.15) is 12.1 Å². The first-order valence-electron chi connectivity index (χ1n) is 6.82. The van der Waals surface area contributed by atoms with E-state index in [0.717, 1.165) is 33.7 Å². The molecule has 3 rings (SSSR count). The van der Waals surface area contributed by atoms with Crippen LogP contribution in [-0.2, 0) is 6.42 Å². The highest BCUT2D eigenvalue weighted by Crippen LogP contribution is 2.26. The summed E-state index contributed by atoms with van der Waals surface area (Å²) >= 11 is 3.52. The number of fused-ring (bicyclic) bond motifs is 1. The van der Waals surface area contributed by atoms with Gasteiger partial charge in [0, 0.05) is 21.4 Å². The maximum absolute atomic E-state index is 4.48. The van der Waals surface area contributed by atoms with E-state index in [9.17, 15) is 0 Å². The van der Waals surface area contributed by atoms with Crippen LogP contribution in [0.15, 0.2) is 29.0 Å². The van der Waals surface area contributed by atoms with Crippen LogP contribution in [-0.4, -0.2) is 19.6 Å². The molecule has 0 radical (unpaired) electrons. The van der Waals surface area contributed by atoms with Crippen molar-refractivity contribution in [2.45, 2.75) is 27.2 Å². The average molecular weight is 346 g/mol. The number of benzene rings is 1. The molecular formula is C15H16BrN5. The quantitative estimate of drug-likeness (QED) is 0.784. The number of nitrogens with one attached hydrogen (secondary N) is 1. The Morgan fingerprint density at radius 3 is 2.81 bits per heavy atom. The molecule has 0 amide bonds. The molecule has 0 aliphatic rings. The number of nitrogens with zero attached hydrogens (tertiary/aromatic N) is 4. The van der Waals surface area contributed by atoms with Crippen LogP contribution in [0.4, 0.5) is 11.5 Å². The van der Waals surface area contributed by atoms with E-state index in [4.69, 9.17) is 0 Å². The van der Waals surface area contributed by atoms with Crippen molar-refractivity contribution >= 4 is 33.2 Å². The third kappa shape index (κ3) is 2.51. The fraction of sp³-hybridized carbons (Fsp3) is 0.267. The summed E-state index contributed by atoms with van der Waals surface area (Å²) in [5.41, 5.74) is 4.33. The summed E-state index contributed by atoms with van der Waals surface area (Å²) in [4.78, 5) is 8.66. The predicted molar refractivity (Wildman–Crippen MR) is 87.1 cm³/mol. The lowest BCUT2D eigenvalue weighted by Gasteiger charge is -2.14. The zero-order valence-corrected chi connectivity index (χ0v) is 13.8. The summed E-state index contributed by atoms with van der Waals surface area (Å²) in [6.07, 6.45) is 2.41. The van der Waals surface area contributed by atoms with E-state index in [1.54, 1.807) is 4.52 Å². The normalized spacial score (nSPS) is 11.0. The average Bonchev–Trinajstić information content (AvgIpc) is 2.91. The molecule has 0 saturated carbocycles. The van der Waals surface area contributed by atoms with Crippen LogP contribution in [0.2, 0.25) is 0 Å². The number of anilines is 2. The first-order chi connectivity index (χ1) is 10.1. The second-order valence-corrected chi connectivity index (χ2v) is 5.79. The Hall–Kier alpha value is -1.95. The van der Waals surface area contributed by atoms with Crippen LogP contribution in [0.5, 0.6) is 0 Å². The summed E-state index contributed by atoms with van der Waals surface area (Å²) in [7, 11) is 0. The summed E-state index contributed by atoms with van der Waals surface area (Å²) in [6.45, 7) is 6.19. The monoisotopic (exact) mass is 345 g/mol. The molecule has 3 aromatic rings. The number of aromatic nitrogens is 4. The van der Waals surface area contributed by atoms with E-state index in [2.05, 4.69) is 56.2 Å². The van der Waals surface area contributed by atoms with E-state index in [1.165, 1.54) is 11.9 Å². The standard InChI is InChI=1S/C15H16BrN5/c1-4-12-10(3)19-15-17-8-18-21(15)14(12)20-11-5-6-13(16)9(2)7-11/h5-8,20H,4H2,1-3H3. The van der Waals surface area contributed by atoms with Gasteiger partial charge < -0.3 is 5.32 Å². The van der Waals surface area contributed by atoms with Crippen molar-refractivity contribution in [3.8, 4) is 0 Å². The summed E-state index contributed by atoms with van der Waals surface area (Å²) in [5, 5.41) is 7.74. The number of hydrogen-bond donors (Lipinski definition) is 1. The van der Waals surface area contributed by atoms with Crippen LogP contribution in [0.25, 0.3) is 5.78 Å². The first kappa shape index (κ1) is 14.0. The summed E-state index contributed by atoms with van der Waals surface area (Å²) in [5.74, 6) is 1.54. The summed E-state index contributed by atoms with van der Waals surface area (Å²) in [6, 6.07) is 6.17. The van der Waals surface area contributed by atoms with Crippen molar-refractivity contribution < 1.29 is 0 Å². The molecule has 2 aromatic heterocycles. The molecule has 0 unspecified atom stereocenters. The van der Waals surface area contributed by atoms with Crippen molar-refractivity contribution in [1.82, 2.24) is 19.6 Å². The fourth-order valence-electron chi connectivity index (χ4n) is 2.40. The van der Waals surface area contributed by atoms with Gasteiger partial charge >= 0.3 is 0 Å². The Morgan fingerprint density at radius 2 is 2.10 bits per heavy atom. The van der Waals surface area contributed by atoms with Crippen LogP contribution >= 0.6 is 15.9 Å². The van der Waals surface area contributed by atoms with Gasteiger partial charge in [0.25, 0.3) is 5.78 Å². The van der Waals surface area contributed by atoms with E-state index in [0.29, 0.717) is 5.78 Å². The molecule has 0 bridgehead atoms. The second-order valence-electron chi connectivity index (χ2n) is 4.94. The molecule has 2 heterocycles.